The Morgan fingerprint density at radius 2 is 2.30 bits per heavy atom. The number of hydrogen-bond donors (Lipinski definition) is 1. The lowest BCUT2D eigenvalue weighted by Gasteiger charge is -2.03. The molecule has 0 unspecified atom stereocenters. The Morgan fingerprint density at radius 1 is 1.70 bits per heavy atom. The molecule has 0 bridgehead atoms. The highest BCUT2D eigenvalue weighted by molar-refractivity contribution is 9.10. The topological polar surface area (TPSA) is 37.8 Å². The normalized spacial score (nSPS) is 10.8. The Labute approximate surface area is 67.2 Å². The fourth-order valence-corrected chi connectivity index (χ4v) is 0.971. The van der Waals surface area contributed by atoms with Crippen LogP contribution in [0.25, 0.3) is 0 Å². The molecule has 0 spiro atoms. The number of halogens is 1. The molecule has 0 saturated heterocycles. The van der Waals surface area contributed by atoms with Crippen LogP contribution in [-0.4, -0.2) is 9.78 Å². The van der Waals surface area contributed by atoms with Crippen LogP contribution in [0.2, 0.25) is 0 Å². The molecule has 1 heterocycles. The van der Waals surface area contributed by atoms with E-state index in [0.717, 1.165) is 0 Å². The molecule has 0 aromatic carbocycles. The van der Waals surface area contributed by atoms with Gasteiger partial charge >= 0.3 is 0 Å². The first kappa shape index (κ1) is 7.60. The molecule has 0 fully saturated rings. The molecule has 56 valence electrons. The fraction of sp³-hybridized carbons (Fsp3) is 0.500. The lowest BCUT2D eigenvalue weighted by Crippen LogP contribution is -2.07. The average Bonchev–Trinajstić information content (AvgIpc) is 2.13. The minimum absolute atomic E-state index is 0.0753. The van der Waals surface area contributed by atoms with Gasteiger partial charge in [0.05, 0.1) is 0 Å². The molecule has 4 heteroatoms. The lowest BCUT2D eigenvalue weighted by molar-refractivity contribution is 0.528. The maximum Gasteiger partial charge on any atom is 0.278 e. The van der Waals surface area contributed by atoms with Crippen molar-refractivity contribution in [3.63, 3.8) is 0 Å². The number of hydrogen-bond acceptors (Lipinski definition) is 1. The molecule has 0 aliphatic heterocycles. The van der Waals surface area contributed by atoms with Gasteiger partial charge in [-0.1, -0.05) is 0 Å². The van der Waals surface area contributed by atoms with E-state index >= 15 is 0 Å². The van der Waals surface area contributed by atoms with E-state index in [0.29, 0.717) is 10.5 Å². The fourth-order valence-electron chi connectivity index (χ4n) is 0.662. The summed E-state index contributed by atoms with van der Waals surface area (Å²) < 4.78 is 2.34. The average molecular weight is 205 g/mol. The summed E-state index contributed by atoms with van der Waals surface area (Å²) in [4.78, 5) is 10.8. The van der Waals surface area contributed by atoms with Gasteiger partial charge < -0.3 is 0 Å². The van der Waals surface area contributed by atoms with E-state index in [1.54, 1.807) is 10.9 Å². The lowest BCUT2D eigenvalue weighted by atomic mass is 10.4. The first-order valence-electron chi connectivity index (χ1n) is 3.08. The third-order valence-corrected chi connectivity index (χ3v) is 1.82. The highest BCUT2D eigenvalue weighted by atomic mass is 79.9. The van der Waals surface area contributed by atoms with E-state index in [1.807, 2.05) is 13.8 Å². The summed E-state index contributed by atoms with van der Waals surface area (Å²) >= 11 is 3.12. The molecule has 0 aliphatic carbocycles. The van der Waals surface area contributed by atoms with Crippen molar-refractivity contribution in [2.24, 2.45) is 0 Å². The van der Waals surface area contributed by atoms with E-state index < -0.39 is 0 Å². The molecule has 1 N–H and O–H groups in total. The van der Waals surface area contributed by atoms with Crippen LogP contribution < -0.4 is 5.56 Å². The monoisotopic (exact) mass is 204 g/mol. The SMILES string of the molecule is CC(C)n1cc(Br)c(=O)[nH]1. The quantitative estimate of drug-likeness (QED) is 0.741. The van der Waals surface area contributed by atoms with E-state index in [9.17, 15) is 4.79 Å². The number of nitrogens with one attached hydrogen (secondary N) is 1. The van der Waals surface area contributed by atoms with Gasteiger partial charge in [-0.15, -0.1) is 0 Å². The highest BCUT2D eigenvalue weighted by Crippen LogP contribution is 2.05. The molecule has 1 aromatic rings. The zero-order valence-corrected chi connectivity index (χ0v) is 7.47. The molecule has 0 radical (unpaired) electrons. The van der Waals surface area contributed by atoms with E-state index in [2.05, 4.69) is 21.0 Å². The van der Waals surface area contributed by atoms with Crippen LogP contribution in [0.5, 0.6) is 0 Å². The molecule has 0 saturated carbocycles. The first-order valence-corrected chi connectivity index (χ1v) is 3.87. The standard InChI is InChI=1S/C6H9BrN2O/c1-4(2)9-3-5(7)6(10)8-9/h3-4H,1-2H3,(H,8,10). The zero-order valence-electron chi connectivity index (χ0n) is 5.89. The number of H-pyrrole nitrogens is 1. The molecule has 3 nitrogen and oxygen atoms in total. The summed E-state index contributed by atoms with van der Waals surface area (Å²) in [6.45, 7) is 4.00. The molecule has 1 aromatic heterocycles. The van der Waals surface area contributed by atoms with Crippen molar-refractivity contribution in [2.45, 2.75) is 19.9 Å². The Morgan fingerprint density at radius 3 is 2.50 bits per heavy atom. The van der Waals surface area contributed by atoms with Gasteiger partial charge in [-0.25, -0.2) is 0 Å². The van der Waals surface area contributed by atoms with Crippen LogP contribution in [0.3, 0.4) is 0 Å². The van der Waals surface area contributed by atoms with Gasteiger partial charge in [0.15, 0.2) is 0 Å². The maximum absolute atomic E-state index is 10.8. The molecule has 10 heavy (non-hydrogen) atoms. The van der Waals surface area contributed by atoms with Gasteiger partial charge in [0.25, 0.3) is 5.56 Å². The second kappa shape index (κ2) is 2.62. The minimum atomic E-state index is -0.0753. The maximum atomic E-state index is 10.8. The van der Waals surface area contributed by atoms with E-state index in [1.165, 1.54) is 0 Å². The van der Waals surface area contributed by atoms with Gasteiger partial charge in [-0.05, 0) is 29.8 Å². The largest absolute Gasteiger partial charge is 0.289 e. The van der Waals surface area contributed by atoms with Gasteiger partial charge in [0.1, 0.15) is 4.47 Å². The van der Waals surface area contributed by atoms with Crippen molar-refractivity contribution >= 4 is 15.9 Å². The molecule has 0 aliphatic rings. The third kappa shape index (κ3) is 1.31. The summed E-state index contributed by atoms with van der Waals surface area (Å²) in [5.74, 6) is 0. The second-order valence-corrected chi connectivity index (χ2v) is 3.27. The Balaban J connectivity index is 3.10. The number of rotatable bonds is 1. The van der Waals surface area contributed by atoms with Crippen LogP contribution in [0, 0.1) is 0 Å². The summed E-state index contributed by atoms with van der Waals surface area (Å²) in [5.41, 5.74) is -0.0753. The minimum Gasteiger partial charge on any atom is -0.289 e. The number of aromatic amines is 1. The van der Waals surface area contributed by atoms with Crippen molar-refractivity contribution in [1.82, 2.24) is 9.78 Å². The Bertz CT molecular complexity index is 274. The van der Waals surface area contributed by atoms with Gasteiger partial charge in [0.2, 0.25) is 0 Å². The Kier molecular flexibility index (Phi) is 1.99. The Hall–Kier alpha value is -0.510. The summed E-state index contributed by atoms with van der Waals surface area (Å²) in [7, 11) is 0. The molecular formula is C6H9BrN2O. The van der Waals surface area contributed by atoms with Crippen LogP contribution in [0.15, 0.2) is 15.5 Å². The van der Waals surface area contributed by atoms with Crippen molar-refractivity contribution in [3.05, 3.63) is 21.0 Å². The summed E-state index contributed by atoms with van der Waals surface area (Å²) in [6.07, 6.45) is 1.74. The van der Waals surface area contributed by atoms with Crippen LogP contribution in [0.1, 0.15) is 19.9 Å². The van der Waals surface area contributed by atoms with E-state index in [-0.39, 0.29) is 5.56 Å². The predicted molar refractivity (Wildman–Crippen MR) is 43.1 cm³/mol. The summed E-state index contributed by atoms with van der Waals surface area (Å²) in [6, 6.07) is 0.305. The van der Waals surface area contributed by atoms with Crippen molar-refractivity contribution in [2.75, 3.05) is 0 Å². The second-order valence-electron chi connectivity index (χ2n) is 2.42. The molecule has 0 amide bonds. The van der Waals surface area contributed by atoms with Crippen LogP contribution in [-0.2, 0) is 0 Å². The van der Waals surface area contributed by atoms with E-state index in [4.69, 9.17) is 0 Å². The third-order valence-electron chi connectivity index (χ3n) is 1.26. The molecular weight excluding hydrogens is 196 g/mol. The zero-order chi connectivity index (χ0) is 7.72. The molecule has 0 atom stereocenters. The van der Waals surface area contributed by atoms with Crippen LogP contribution >= 0.6 is 15.9 Å². The predicted octanol–water partition coefficient (Wildman–Crippen LogP) is 1.52. The highest BCUT2D eigenvalue weighted by Gasteiger charge is 2.01. The molecule has 1 rings (SSSR count). The van der Waals surface area contributed by atoms with Crippen molar-refractivity contribution < 1.29 is 0 Å². The number of aromatic nitrogens is 2. The van der Waals surface area contributed by atoms with Gasteiger partial charge in [-0.3, -0.25) is 14.6 Å². The van der Waals surface area contributed by atoms with Crippen molar-refractivity contribution in [3.8, 4) is 0 Å². The van der Waals surface area contributed by atoms with Crippen LogP contribution in [0.4, 0.5) is 0 Å². The smallest absolute Gasteiger partial charge is 0.278 e. The first-order chi connectivity index (χ1) is 4.61. The number of nitrogens with zero attached hydrogens (tertiary/aromatic N) is 1. The summed E-state index contributed by atoms with van der Waals surface area (Å²) in [5, 5.41) is 2.66. The van der Waals surface area contributed by atoms with Gasteiger partial charge in [-0.2, -0.15) is 0 Å². The van der Waals surface area contributed by atoms with Crippen molar-refractivity contribution in [1.29, 1.82) is 0 Å². The van der Waals surface area contributed by atoms with Gasteiger partial charge in [0, 0.05) is 12.2 Å².